The first-order valence-corrected chi connectivity index (χ1v) is 10.0. The van der Waals surface area contributed by atoms with E-state index in [0.717, 1.165) is 40.6 Å². The molecule has 25 heavy (non-hydrogen) atoms. The molecule has 3 rings (SSSR count). The lowest BCUT2D eigenvalue weighted by atomic mass is 10.0. The fourth-order valence-corrected chi connectivity index (χ4v) is 3.33. The minimum absolute atomic E-state index is 0.753. The van der Waals surface area contributed by atoms with Crippen LogP contribution in [0.2, 0.25) is 0 Å². The molecule has 0 aliphatic rings. The number of rotatable bonds is 7. The smallest absolute Gasteiger partial charge is 0.137 e. The third-order valence-electron chi connectivity index (χ3n) is 4.43. The normalized spacial score (nSPS) is 11.0. The zero-order valence-electron chi connectivity index (χ0n) is 14.5. The molecule has 0 radical (unpaired) electrons. The van der Waals surface area contributed by atoms with Crippen LogP contribution in [0.15, 0.2) is 59.0 Å². The molecule has 130 valence electrons. The Morgan fingerprint density at radius 2 is 1.36 bits per heavy atom. The van der Waals surface area contributed by atoms with Gasteiger partial charge in [0.25, 0.3) is 0 Å². The van der Waals surface area contributed by atoms with E-state index in [4.69, 9.17) is 4.42 Å². The number of aryl methyl sites for hydroxylation is 1. The predicted octanol–water partition coefficient (Wildman–Crippen LogP) is 6.82. The third kappa shape index (κ3) is 4.34. The van der Waals surface area contributed by atoms with Crippen LogP contribution in [0.1, 0.15) is 36.5 Å². The molecule has 1 heterocycles. The summed E-state index contributed by atoms with van der Waals surface area (Å²) >= 11 is 8.66. The summed E-state index contributed by atoms with van der Waals surface area (Å²) < 4.78 is 6.29. The van der Waals surface area contributed by atoms with Gasteiger partial charge >= 0.3 is 0 Å². The molecular formula is C22H24OS2. The zero-order valence-corrected chi connectivity index (χ0v) is 16.3. The van der Waals surface area contributed by atoms with E-state index in [1.54, 1.807) is 0 Å². The van der Waals surface area contributed by atoms with Crippen LogP contribution >= 0.6 is 25.3 Å². The Bertz CT molecular complexity index is 801. The minimum Gasteiger partial charge on any atom is -0.456 e. The molecule has 0 amide bonds. The van der Waals surface area contributed by atoms with Crippen molar-refractivity contribution in [1.82, 2.24) is 0 Å². The summed E-state index contributed by atoms with van der Waals surface area (Å²) in [5.74, 6) is 3.44. The number of thiol groups is 2. The quantitative estimate of drug-likeness (QED) is 0.437. The van der Waals surface area contributed by atoms with Crippen LogP contribution in [0.3, 0.4) is 0 Å². The van der Waals surface area contributed by atoms with Gasteiger partial charge in [0.2, 0.25) is 0 Å². The molecular weight excluding hydrogens is 344 g/mol. The molecule has 0 saturated carbocycles. The lowest BCUT2D eigenvalue weighted by Crippen LogP contribution is -1.86. The maximum absolute atomic E-state index is 6.29. The van der Waals surface area contributed by atoms with Crippen molar-refractivity contribution in [2.75, 3.05) is 0 Å². The van der Waals surface area contributed by atoms with Gasteiger partial charge in [-0.2, -0.15) is 25.3 Å². The molecule has 0 atom stereocenters. The highest BCUT2D eigenvalue weighted by Gasteiger charge is 2.14. The number of hydrogen-bond donors (Lipinski definition) is 2. The minimum atomic E-state index is 0.753. The highest BCUT2D eigenvalue weighted by Crippen LogP contribution is 2.34. The Morgan fingerprint density at radius 1 is 0.800 bits per heavy atom. The molecule has 0 unspecified atom stereocenters. The highest BCUT2D eigenvalue weighted by atomic mass is 32.1. The van der Waals surface area contributed by atoms with Crippen molar-refractivity contribution in [3.63, 3.8) is 0 Å². The molecule has 2 aromatic carbocycles. The summed E-state index contributed by atoms with van der Waals surface area (Å²) in [5.41, 5.74) is 5.97. The highest BCUT2D eigenvalue weighted by molar-refractivity contribution is 7.79. The largest absolute Gasteiger partial charge is 0.456 e. The monoisotopic (exact) mass is 368 g/mol. The zero-order chi connectivity index (χ0) is 17.6. The summed E-state index contributed by atoms with van der Waals surface area (Å²) in [5, 5.41) is 0. The van der Waals surface area contributed by atoms with Crippen molar-refractivity contribution in [2.45, 2.75) is 37.7 Å². The molecule has 0 saturated heterocycles. The molecule has 0 bridgehead atoms. The van der Waals surface area contributed by atoms with E-state index in [-0.39, 0.29) is 0 Å². The van der Waals surface area contributed by atoms with Gasteiger partial charge in [-0.1, -0.05) is 61.9 Å². The average molecular weight is 369 g/mol. The first-order valence-electron chi connectivity index (χ1n) is 8.78. The summed E-state index contributed by atoms with van der Waals surface area (Å²) in [6.07, 6.45) is 3.38. The van der Waals surface area contributed by atoms with Crippen LogP contribution in [0.4, 0.5) is 0 Å². The number of unbranched alkanes of at least 4 members (excludes halogenated alkanes) is 1. The van der Waals surface area contributed by atoms with E-state index >= 15 is 0 Å². The van der Waals surface area contributed by atoms with E-state index in [2.05, 4.69) is 86.8 Å². The van der Waals surface area contributed by atoms with Crippen molar-refractivity contribution in [3.8, 4) is 22.6 Å². The van der Waals surface area contributed by atoms with Crippen molar-refractivity contribution < 1.29 is 4.42 Å². The molecule has 0 aliphatic heterocycles. The van der Waals surface area contributed by atoms with E-state index in [9.17, 15) is 0 Å². The molecule has 1 nitrogen and oxygen atoms in total. The van der Waals surface area contributed by atoms with E-state index < -0.39 is 0 Å². The first-order chi connectivity index (χ1) is 12.2. The fourth-order valence-electron chi connectivity index (χ4n) is 2.90. The van der Waals surface area contributed by atoms with Crippen LogP contribution in [-0.2, 0) is 17.9 Å². The standard InChI is InChI=1S/C22H24OS2/c1-2-3-4-20-13-21(18-9-5-16(14-24)6-10-18)23-22(20)19-11-7-17(15-25)8-12-19/h5-13,24-25H,2-4,14-15H2,1H3. The Balaban J connectivity index is 1.98. The predicted molar refractivity (Wildman–Crippen MR) is 114 cm³/mol. The Kier molecular flexibility index (Phi) is 6.33. The topological polar surface area (TPSA) is 13.1 Å². The molecule has 0 fully saturated rings. The van der Waals surface area contributed by atoms with Crippen molar-refractivity contribution >= 4 is 25.3 Å². The molecule has 0 aliphatic carbocycles. The first kappa shape index (κ1) is 18.2. The van der Waals surface area contributed by atoms with Gasteiger partial charge in [0.05, 0.1) is 0 Å². The van der Waals surface area contributed by atoms with E-state index in [1.807, 2.05) is 0 Å². The van der Waals surface area contributed by atoms with Crippen molar-refractivity contribution in [3.05, 3.63) is 71.3 Å². The third-order valence-corrected chi connectivity index (χ3v) is 5.16. The van der Waals surface area contributed by atoms with Crippen LogP contribution in [0.5, 0.6) is 0 Å². The lowest BCUT2D eigenvalue weighted by molar-refractivity contribution is 0.593. The van der Waals surface area contributed by atoms with Crippen LogP contribution in [0.25, 0.3) is 22.6 Å². The van der Waals surface area contributed by atoms with Crippen molar-refractivity contribution in [1.29, 1.82) is 0 Å². The summed E-state index contributed by atoms with van der Waals surface area (Å²) in [7, 11) is 0. The summed E-state index contributed by atoms with van der Waals surface area (Å²) in [6.45, 7) is 2.22. The van der Waals surface area contributed by atoms with Gasteiger partial charge < -0.3 is 4.42 Å². The summed E-state index contributed by atoms with van der Waals surface area (Å²) in [6, 6.07) is 19.2. The maximum atomic E-state index is 6.29. The Morgan fingerprint density at radius 3 is 1.88 bits per heavy atom. The van der Waals surface area contributed by atoms with Crippen molar-refractivity contribution in [2.24, 2.45) is 0 Å². The van der Waals surface area contributed by atoms with Crippen LogP contribution in [-0.4, -0.2) is 0 Å². The molecule has 3 aromatic rings. The number of furan rings is 1. The van der Waals surface area contributed by atoms with Gasteiger partial charge in [0, 0.05) is 22.6 Å². The maximum Gasteiger partial charge on any atom is 0.137 e. The number of hydrogen-bond acceptors (Lipinski definition) is 3. The molecule has 0 spiro atoms. The Hall–Kier alpha value is -1.58. The summed E-state index contributed by atoms with van der Waals surface area (Å²) in [4.78, 5) is 0. The van der Waals surface area contributed by atoms with Crippen LogP contribution < -0.4 is 0 Å². The average Bonchev–Trinajstić information content (AvgIpc) is 3.10. The SMILES string of the molecule is CCCCc1cc(-c2ccc(CS)cc2)oc1-c1ccc(CS)cc1. The number of benzene rings is 2. The van der Waals surface area contributed by atoms with Gasteiger partial charge in [-0.3, -0.25) is 0 Å². The van der Waals surface area contributed by atoms with E-state index in [0.29, 0.717) is 0 Å². The van der Waals surface area contributed by atoms with Gasteiger partial charge in [-0.25, -0.2) is 0 Å². The fraction of sp³-hybridized carbons (Fsp3) is 0.273. The molecule has 3 heteroatoms. The van der Waals surface area contributed by atoms with Crippen LogP contribution in [0, 0.1) is 0 Å². The second-order valence-corrected chi connectivity index (χ2v) is 6.91. The molecule has 0 N–H and O–H groups in total. The lowest BCUT2D eigenvalue weighted by Gasteiger charge is -2.03. The second-order valence-electron chi connectivity index (χ2n) is 6.28. The van der Waals surface area contributed by atoms with E-state index in [1.165, 1.54) is 29.5 Å². The van der Waals surface area contributed by atoms with Gasteiger partial charge in [0.15, 0.2) is 0 Å². The Labute approximate surface area is 161 Å². The van der Waals surface area contributed by atoms with Gasteiger partial charge in [0.1, 0.15) is 11.5 Å². The second kappa shape index (κ2) is 8.68. The van der Waals surface area contributed by atoms with Gasteiger partial charge in [-0.05, 0) is 35.6 Å². The van der Waals surface area contributed by atoms with Gasteiger partial charge in [-0.15, -0.1) is 0 Å². The molecule has 1 aromatic heterocycles.